The highest BCUT2D eigenvalue weighted by Crippen LogP contribution is 2.36. The molecular weight excluding hydrogens is 320 g/mol. The molecule has 23 heavy (non-hydrogen) atoms. The van der Waals surface area contributed by atoms with Crippen LogP contribution in [-0.4, -0.2) is 52.3 Å². The van der Waals surface area contributed by atoms with Crippen molar-refractivity contribution in [3.63, 3.8) is 0 Å². The Morgan fingerprint density at radius 1 is 1.35 bits per heavy atom. The number of imide groups is 1. The molecular formula is C15H16N2O5S. The van der Waals surface area contributed by atoms with Crippen LogP contribution in [0.5, 0.6) is 11.5 Å². The number of aliphatic hydroxyl groups is 1. The van der Waals surface area contributed by atoms with E-state index in [0.717, 1.165) is 10.7 Å². The van der Waals surface area contributed by atoms with Crippen LogP contribution in [0.15, 0.2) is 18.2 Å². The van der Waals surface area contributed by atoms with Crippen LogP contribution in [0.2, 0.25) is 0 Å². The van der Waals surface area contributed by atoms with Crippen molar-refractivity contribution in [3.8, 4) is 11.5 Å². The molecule has 2 saturated heterocycles. The average Bonchev–Trinajstić information content (AvgIpc) is 3.24. The highest BCUT2D eigenvalue weighted by atomic mass is 32.2. The van der Waals surface area contributed by atoms with E-state index < -0.39 is 17.7 Å². The fourth-order valence-electron chi connectivity index (χ4n) is 3.07. The smallest absolute Gasteiger partial charge is 0.325 e. The van der Waals surface area contributed by atoms with Crippen molar-refractivity contribution in [1.82, 2.24) is 10.2 Å². The maximum atomic E-state index is 12.6. The Morgan fingerprint density at radius 2 is 2.17 bits per heavy atom. The van der Waals surface area contributed by atoms with E-state index in [2.05, 4.69) is 5.32 Å². The Kier molecular flexibility index (Phi) is 3.38. The molecule has 3 amide bonds. The minimum absolute atomic E-state index is 0.0727. The minimum Gasteiger partial charge on any atom is -0.454 e. The van der Waals surface area contributed by atoms with E-state index >= 15 is 0 Å². The van der Waals surface area contributed by atoms with E-state index in [1.54, 1.807) is 30.0 Å². The van der Waals surface area contributed by atoms with E-state index in [-0.39, 0.29) is 19.2 Å². The van der Waals surface area contributed by atoms with Crippen molar-refractivity contribution >= 4 is 23.7 Å². The molecule has 1 aromatic carbocycles. The molecule has 8 heteroatoms. The van der Waals surface area contributed by atoms with Crippen molar-refractivity contribution in [3.05, 3.63) is 23.8 Å². The molecule has 1 aromatic rings. The largest absolute Gasteiger partial charge is 0.454 e. The second-order valence-electron chi connectivity index (χ2n) is 5.86. The number of urea groups is 1. The first kappa shape index (κ1) is 14.6. The Morgan fingerprint density at radius 3 is 2.96 bits per heavy atom. The molecule has 0 saturated carbocycles. The summed E-state index contributed by atoms with van der Waals surface area (Å²) in [6, 6.07) is 4.66. The van der Waals surface area contributed by atoms with E-state index in [0.29, 0.717) is 29.2 Å². The summed E-state index contributed by atoms with van der Waals surface area (Å²) in [5.74, 6) is 2.38. The predicted octanol–water partition coefficient (Wildman–Crippen LogP) is 0.876. The van der Waals surface area contributed by atoms with Gasteiger partial charge in [-0.2, -0.15) is 11.8 Å². The van der Waals surface area contributed by atoms with Crippen LogP contribution in [0.25, 0.3) is 0 Å². The monoisotopic (exact) mass is 336 g/mol. The van der Waals surface area contributed by atoms with E-state index in [9.17, 15) is 14.7 Å². The molecule has 2 N–H and O–H groups in total. The Labute approximate surface area is 136 Å². The second kappa shape index (κ2) is 5.31. The number of aliphatic hydroxyl groups excluding tert-OH is 1. The highest BCUT2D eigenvalue weighted by molar-refractivity contribution is 7.99. The molecule has 3 aliphatic rings. The normalized spacial score (nSPS) is 26.9. The number of fused-ring (bicyclic) bond motifs is 1. The number of hydrogen-bond acceptors (Lipinski definition) is 6. The number of ether oxygens (including phenoxy) is 2. The van der Waals surface area contributed by atoms with Gasteiger partial charge in [0.1, 0.15) is 5.54 Å². The Balaban J connectivity index is 1.51. The fraction of sp³-hybridized carbons (Fsp3) is 0.467. The molecule has 2 atom stereocenters. The van der Waals surface area contributed by atoms with Gasteiger partial charge in [-0.1, -0.05) is 6.07 Å². The lowest BCUT2D eigenvalue weighted by Gasteiger charge is -2.21. The van der Waals surface area contributed by atoms with Crippen LogP contribution in [0.1, 0.15) is 18.1 Å². The second-order valence-corrected chi connectivity index (χ2v) is 6.96. The molecule has 1 spiro atoms. The Hall–Kier alpha value is -1.93. The van der Waals surface area contributed by atoms with Crippen molar-refractivity contribution in [2.75, 3.05) is 24.8 Å². The first-order valence-corrected chi connectivity index (χ1v) is 8.54. The summed E-state index contributed by atoms with van der Waals surface area (Å²) in [5, 5.41) is 13.2. The molecule has 3 heterocycles. The topological polar surface area (TPSA) is 88.1 Å². The third kappa shape index (κ3) is 2.33. The number of nitrogens with one attached hydrogen (secondary N) is 1. The van der Waals surface area contributed by atoms with Gasteiger partial charge >= 0.3 is 6.03 Å². The minimum atomic E-state index is -0.969. The lowest BCUT2D eigenvalue weighted by molar-refractivity contribution is -0.131. The van der Waals surface area contributed by atoms with Gasteiger partial charge in [-0.3, -0.25) is 9.69 Å². The van der Waals surface area contributed by atoms with Gasteiger partial charge in [0.2, 0.25) is 6.79 Å². The summed E-state index contributed by atoms with van der Waals surface area (Å²) in [7, 11) is 0. The first-order valence-electron chi connectivity index (χ1n) is 7.38. The number of β-amino-alcohol motifs (C(OH)–C–C–N with tert-alkyl or cyclic N) is 1. The number of carbonyl (C=O) groups is 2. The number of thioether (sulfide) groups is 1. The van der Waals surface area contributed by atoms with E-state index in [1.807, 2.05) is 0 Å². The van der Waals surface area contributed by atoms with Gasteiger partial charge in [0.15, 0.2) is 11.5 Å². The summed E-state index contributed by atoms with van der Waals surface area (Å²) in [5.41, 5.74) is -0.201. The zero-order valence-corrected chi connectivity index (χ0v) is 13.1. The van der Waals surface area contributed by atoms with Gasteiger partial charge in [-0.15, -0.1) is 0 Å². The SMILES string of the molecule is O=C1N[C@]2(CCSC2)C(=O)N1C[C@@H](O)c1ccc2c(c1)OCO2. The average molecular weight is 336 g/mol. The van der Waals surface area contributed by atoms with Crippen LogP contribution < -0.4 is 14.8 Å². The fourth-order valence-corrected chi connectivity index (χ4v) is 4.40. The van der Waals surface area contributed by atoms with Crippen LogP contribution in [-0.2, 0) is 4.79 Å². The molecule has 3 aliphatic heterocycles. The van der Waals surface area contributed by atoms with Crippen LogP contribution in [0, 0.1) is 0 Å². The van der Waals surface area contributed by atoms with Crippen molar-refractivity contribution in [1.29, 1.82) is 0 Å². The zero-order chi connectivity index (χ0) is 16.0. The van der Waals surface area contributed by atoms with Gasteiger partial charge in [-0.05, 0) is 29.9 Å². The molecule has 0 unspecified atom stereocenters. The predicted molar refractivity (Wildman–Crippen MR) is 82.4 cm³/mol. The summed E-state index contributed by atoms with van der Waals surface area (Å²) >= 11 is 1.65. The van der Waals surface area contributed by atoms with Crippen LogP contribution >= 0.6 is 11.8 Å². The number of hydrogen-bond donors (Lipinski definition) is 2. The standard InChI is InChI=1S/C15H16N2O5S/c18-10(9-1-2-11-12(5-9)22-8-21-11)6-17-13(19)15(16-14(17)20)3-4-23-7-15/h1-2,5,10,18H,3-4,6-8H2,(H,16,20)/t10-,15+/m1/s1. The number of benzene rings is 1. The molecule has 0 radical (unpaired) electrons. The van der Waals surface area contributed by atoms with Crippen molar-refractivity contribution in [2.24, 2.45) is 0 Å². The third-order valence-corrected chi connectivity index (χ3v) is 5.59. The summed E-state index contributed by atoms with van der Waals surface area (Å²) in [6.07, 6.45) is -0.331. The maximum absolute atomic E-state index is 12.6. The van der Waals surface area contributed by atoms with Crippen LogP contribution in [0.4, 0.5) is 4.79 Å². The zero-order valence-electron chi connectivity index (χ0n) is 12.3. The number of amides is 3. The molecule has 122 valence electrons. The maximum Gasteiger partial charge on any atom is 0.325 e. The van der Waals surface area contributed by atoms with Crippen molar-refractivity contribution in [2.45, 2.75) is 18.1 Å². The molecule has 7 nitrogen and oxygen atoms in total. The van der Waals surface area contributed by atoms with Gasteiger partial charge in [0.25, 0.3) is 5.91 Å². The molecule has 2 fully saturated rings. The number of nitrogens with zero attached hydrogens (tertiary/aromatic N) is 1. The lowest BCUT2D eigenvalue weighted by Crippen LogP contribution is -2.47. The number of rotatable bonds is 3. The van der Waals surface area contributed by atoms with Gasteiger partial charge in [-0.25, -0.2) is 4.79 Å². The molecule has 0 bridgehead atoms. The van der Waals surface area contributed by atoms with Gasteiger partial charge < -0.3 is 19.9 Å². The summed E-state index contributed by atoms with van der Waals surface area (Å²) < 4.78 is 10.5. The third-order valence-electron chi connectivity index (χ3n) is 4.40. The Bertz CT molecular complexity index is 674. The van der Waals surface area contributed by atoms with Crippen molar-refractivity contribution < 1.29 is 24.2 Å². The lowest BCUT2D eigenvalue weighted by atomic mass is 9.99. The van der Waals surface area contributed by atoms with E-state index in [1.165, 1.54) is 0 Å². The molecule has 0 aromatic heterocycles. The van der Waals surface area contributed by atoms with Gasteiger partial charge in [0.05, 0.1) is 12.6 Å². The first-order chi connectivity index (χ1) is 11.1. The molecule has 0 aliphatic carbocycles. The van der Waals surface area contributed by atoms with Crippen LogP contribution in [0.3, 0.4) is 0 Å². The van der Waals surface area contributed by atoms with Gasteiger partial charge in [0, 0.05) is 5.75 Å². The molecule has 4 rings (SSSR count). The quantitative estimate of drug-likeness (QED) is 0.797. The number of carbonyl (C=O) groups excluding carboxylic acids is 2. The summed E-state index contributed by atoms with van der Waals surface area (Å²) in [4.78, 5) is 25.8. The van der Waals surface area contributed by atoms with E-state index in [4.69, 9.17) is 9.47 Å². The summed E-state index contributed by atoms with van der Waals surface area (Å²) in [6.45, 7) is 0.0822. The highest BCUT2D eigenvalue weighted by Gasteiger charge is 2.53.